The van der Waals surface area contributed by atoms with Gasteiger partial charge in [0, 0.05) is 16.6 Å². The fourth-order valence-electron chi connectivity index (χ4n) is 3.44. The molecule has 2 heterocycles. The minimum absolute atomic E-state index is 0.0600. The van der Waals surface area contributed by atoms with E-state index in [0.717, 1.165) is 27.2 Å². The van der Waals surface area contributed by atoms with Crippen molar-refractivity contribution in [2.24, 2.45) is 0 Å². The molecule has 0 aliphatic rings. The summed E-state index contributed by atoms with van der Waals surface area (Å²) in [5.74, 6) is -0.171. The number of aryl methyl sites for hydroxylation is 1. The number of amides is 1. The van der Waals surface area contributed by atoms with Crippen LogP contribution in [0.3, 0.4) is 0 Å². The van der Waals surface area contributed by atoms with Crippen LogP contribution >= 0.6 is 11.3 Å². The molecule has 0 unspecified atom stereocenters. The number of hydrogen-bond acceptors (Lipinski definition) is 5. The van der Waals surface area contributed by atoms with Crippen molar-refractivity contribution in [2.45, 2.75) is 26.7 Å². The number of anilines is 1. The summed E-state index contributed by atoms with van der Waals surface area (Å²) < 4.78 is 1.84. The molecule has 6 nitrogen and oxygen atoms in total. The van der Waals surface area contributed by atoms with Crippen LogP contribution in [0, 0.1) is 18.3 Å². The summed E-state index contributed by atoms with van der Waals surface area (Å²) in [5.41, 5.74) is 6.07. The first-order chi connectivity index (χ1) is 14.0. The van der Waals surface area contributed by atoms with Crippen LogP contribution in [0.15, 0.2) is 48.1 Å². The molecule has 4 aromatic rings. The summed E-state index contributed by atoms with van der Waals surface area (Å²) in [5, 5.41) is 18.8. The minimum Gasteiger partial charge on any atom is -0.322 e. The van der Waals surface area contributed by atoms with Crippen LogP contribution in [0.2, 0.25) is 0 Å². The maximum Gasteiger partial charge on any atom is 0.255 e. The van der Waals surface area contributed by atoms with Gasteiger partial charge in [0.1, 0.15) is 5.00 Å². The molecule has 0 fully saturated rings. The number of carbonyl (C=O) groups excluding carboxylic acids is 1. The monoisotopic (exact) mass is 401 g/mol. The number of fused-ring (bicyclic) bond motifs is 1. The average molecular weight is 401 g/mol. The fraction of sp³-hybridized carbons (Fsp3) is 0.182. The number of nitrogens with one attached hydrogen (secondary N) is 1. The van der Waals surface area contributed by atoms with Gasteiger partial charge in [-0.05, 0) is 48.7 Å². The SMILES string of the molecule is Cc1ncsc1-n1ncc2ccc(NC(=O)c3cccc(C#N)c3C(C)C)cc21. The summed E-state index contributed by atoms with van der Waals surface area (Å²) in [4.78, 5) is 17.3. The average Bonchev–Trinajstić information content (AvgIpc) is 3.32. The van der Waals surface area contributed by atoms with E-state index in [4.69, 9.17) is 0 Å². The van der Waals surface area contributed by atoms with Crippen molar-refractivity contribution in [2.75, 3.05) is 5.32 Å². The van der Waals surface area contributed by atoms with Crippen molar-refractivity contribution in [1.82, 2.24) is 14.8 Å². The van der Waals surface area contributed by atoms with Crippen molar-refractivity contribution < 1.29 is 4.79 Å². The highest BCUT2D eigenvalue weighted by molar-refractivity contribution is 7.12. The molecule has 1 N–H and O–H groups in total. The minimum atomic E-state index is -0.231. The van der Waals surface area contributed by atoms with Gasteiger partial charge in [-0.15, -0.1) is 11.3 Å². The van der Waals surface area contributed by atoms with Gasteiger partial charge in [-0.25, -0.2) is 9.67 Å². The first-order valence-corrected chi connectivity index (χ1v) is 10.1. The molecule has 2 aromatic heterocycles. The predicted octanol–water partition coefficient (Wildman–Crippen LogP) is 5.04. The van der Waals surface area contributed by atoms with E-state index in [1.165, 1.54) is 11.3 Å². The Morgan fingerprint density at radius 2 is 2.10 bits per heavy atom. The molecule has 144 valence electrons. The standard InChI is InChI=1S/C22H19N5OS/c1-13(2)20-15(10-23)5-4-6-18(20)21(28)26-17-8-7-16-11-25-27(19(16)9-17)22-14(3)24-12-29-22/h4-9,11-13H,1-3H3,(H,26,28). The number of rotatable bonds is 4. The Bertz CT molecular complexity index is 1260. The summed E-state index contributed by atoms with van der Waals surface area (Å²) >= 11 is 1.52. The van der Waals surface area contributed by atoms with Crippen LogP contribution in [0.25, 0.3) is 15.9 Å². The van der Waals surface area contributed by atoms with Gasteiger partial charge in [-0.2, -0.15) is 10.4 Å². The third kappa shape index (κ3) is 3.39. The second-order valence-corrected chi connectivity index (χ2v) is 7.89. The van der Waals surface area contributed by atoms with Crippen LogP contribution < -0.4 is 5.32 Å². The molecule has 0 spiro atoms. The van der Waals surface area contributed by atoms with Gasteiger partial charge in [-0.3, -0.25) is 4.79 Å². The van der Waals surface area contributed by atoms with Crippen LogP contribution in [0.5, 0.6) is 0 Å². The zero-order valence-corrected chi connectivity index (χ0v) is 17.1. The van der Waals surface area contributed by atoms with Gasteiger partial charge >= 0.3 is 0 Å². The van der Waals surface area contributed by atoms with Gasteiger partial charge in [0.2, 0.25) is 0 Å². The Hall–Kier alpha value is -3.50. The quantitative estimate of drug-likeness (QED) is 0.519. The van der Waals surface area contributed by atoms with Crippen LogP contribution in [0.1, 0.15) is 46.9 Å². The highest BCUT2D eigenvalue weighted by Gasteiger charge is 2.18. The number of nitrogens with zero attached hydrogens (tertiary/aromatic N) is 4. The second-order valence-electron chi connectivity index (χ2n) is 7.06. The predicted molar refractivity (Wildman–Crippen MR) is 115 cm³/mol. The van der Waals surface area contributed by atoms with E-state index in [-0.39, 0.29) is 11.8 Å². The van der Waals surface area contributed by atoms with Crippen molar-refractivity contribution in [1.29, 1.82) is 5.26 Å². The van der Waals surface area contributed by atoms with E-state index in [0.29, 0.717) is 16.8 Å². The Morgan fingerprint density at radius 3 is 2.79 bits per heavy atom. The third-order valence-electron chi connectivity index (χ3n) is 4.79. The molecule has 0 saturated carbocycles. The molecule has 4 rings (SSSR count). The highest BCUT2D eigenvalue weighted by atomic mass is 32.1. The number of carbonyl (C=O) groups is 1. The fourth-order valence-corrected chi connectivity index (χ4v) is 4.22. The number of aromatic nitrogens is 3. The topological polar surface area (TPSA) is 83.6 Å². The van der Waals surface area contributed by atoms with E-state index in [1.54, 1.807) is 29.9 Å². The highest BCUT2D eigenvalue weighted by Crippen LogP contribution is 2.27. The van der Waals surface area contributed by atoms with Gasteiger partial charge < -0.3 is 5.32 Å². The normalized spacial score (nSPS) is 11.0. The lowest BCUT2D eigenvalue weighted by Crippen LogP contribution is -2.16. The molecule has 0 radical (unpaired) electrons. The lowest BCUT2D eigenvalue weighted by Gasteiger charge is -2.14. The number of nitriles is 1. The molecule has 0 saturated heterocycles. The van der Waals surface area contributed by atoms with Crippen LogP contribution in [-0.4, -0.2) is 20.7 Å². The molecule has 2 aromatic carbocycles. The summed E-state index contributed by atoms with van der Waals surface area (Å²) in [6.45, 7) is 5.91. The molecule has 0 aliphatic carbocycles. The Labute approximate surface area is 172 Å². The molecule has 0 atom stereocenters. The first kappa shape index (κ1) is 18.8. The molecule has 1 amide bonds. The molecule has 7 heteroatoms. The zero-order chi connectivity index (χ0) is 20.5. The maximum absolute atomic E-state index is 13.0. The second kappa shape index (κ2) is 7.49. The lowest BCUT2D eigenvalue weighted by atomic mass is 9.92. The van der Waals surface area contributed by atoms with E-state index >= 15 is 0 Å². The van der Waals surface area contributed by atoms with Crippen molar-refractivity contribution in [3.05, 3.63) is 70.5 Å². The Kier molecular flexibility index (Phi) is 4.87. The third-order valence-corrected chi connectivity index (χ3v) is 5.69. The summed E-state index contributed by atoms with van der Waals surface area (Å²) in [6.07, 6.45) is 1.80. The Balaban J connectivity index is 1.72. The van der Waals surface area contributed by atoms with Crippen LogP contribution in [-0.2, 0) is 0 Å². The largest absolute Gasteiger partial charge is 0.322 e. The van der Waals surface area contributed by atoms with Gasteiger partial charge in [0.05, 0.1) is 34.6 Å². The maximum atomic E-state index is 13.0. The molecule has 0 bridgehead atoms. The Morgan fingerprint density at radius 1 is 1.28 bits per heavy atom. The number of benzene rings is 2. The molecule has 0 aliphatic heterocycles. The van der Waals surface area contributed by atoms with Crippen molar-refractivity contribution in [3.8, 4) is 11.1 Å². The van der Waals surface area contributed by atoms with E-state index in [1.807, 2.05) is 43.7 Å². The summed E-state index contributed by atoms with van der Waals surface area (Å²) in [6, 6.07) is 13.1. The molecular weight excluding hydrogens is 382 g/mol. The van der Waals surface area contributed by atoms with Gasteiger partial charge in [-0.1, -0.05) is 19.9 Å². The van der Waals surface area contributed by atoms with Crippen molar-refractivity contribution in [3.63, 3.8) is 0 Å². The van der Waals surface area contributed by atoms with E-state index in [9.17, 15) is 10.1 Å². The zero-order valence-electron chi connectivity index (χ0n) is 16.3. The first-order valence-electron chi connectivity index (χ1n) is 9.22. The van der Waals surface area contributed by atoms with Gasteiger partial charge in [0.25, 0.3) is 5.91 Å². The lowest BCUT2D eigenvalue weighted by molar-refractivity contribution is 0.102. The number of thiazole rings is 1. The molecular formula is C22H19N5OS. The van der Waals surface area contributed by atoms with E-state index < -0.39 is 0 Å². The van der Waals surface area contributed by atoms with Gasteiger partial charge in [0.15, 0.2) is 0 Å². The number of hydrogen-bond donors (Lipinski definition) is 1. The molecule has 29 heavy (non-hydrogen) atoms. The summed E-state index contributed by atoms with van der Waals surface area (Å²) in [7, 11) is 0. The smallest absolute Gasteiger partial charge is 0.255 e. The van der Waals surface area contributed by atoms with Crippen LogP contribution in [0.4, 0.5) is 5.69 Å². The van der Waals surface area contributed by atoms with E-state index in [2.05, 4.69) is 21.5 Å². The van der Waals surface area contributed by atoms with Crippen molar-refractivity contribution >= 4 is 33.8 Å².